The Morgan fingerprint density at radius 1 is 0.861 bits per heavy atom. The summed E-state index contributed by atoms with van der Waals surface area (Å²) in [7, 11) is 0. The molecule has 2 aliphatic rings. The van der Waals surface area contributed by atoms with Crippen LogP contribution in [0.3, 0.4) is 0 Å². The Hall–Kier alpha value is -2.45. The van der Waals surface area contributed by atoms with Crippen LogP contribution in [0, 0.1) is 25.9 Å². The van der Waals surface area contributed by atoms with Crippen LogP contribution < -0.4 is 0 Å². The maximum absolute atomic E-state index is 10.2. The fourth-order valence-electron chi connectivity index (χ4n) is 0.993. The monoisotopic (exact) mass is 520 g/mol. The van der Waals surface area contributed by atoms with Gasteiger partial charge in [0.1, 0.15) is 0 Å². The molecule has 210 valence electrons. The van der Waals surface area contributed by atoms with Gasteiger partial charge in [0.25, 0.3) is 0 Å². The molecule has 0 N–H and O–H groups in total. The normalized spacial score (nSPS) is 13.2. The zero-order chi connectivity index (χ0) is 29.9. The summed E-state index contributed by atoms with van der Waals surface area (Å²) in [6.45, 7) is 33.7. The summed E-state index contributed by atoms with van der Waals surface area (Å²) in [5, 5.41) is 0. The maximum atomic E-state index is 10.2. The van der Waals surface area contributed by atoms with Crippen LogP contribution in [0.25, 0.3) is 0 Å². The molecule has 2 heterocycles. The van der Waals surface area contributed by atoms with E-state index in [2.05, 4.69) is 41.1 Å². The first kappa shape index (κ1) is 46.8. The van der Waals surface area contributed by atoms with Crippen molar-refractivity contribution >= 4 is 17.9 Å². The molecule has 2 fully saturated rings. The summed E-state index contributed by atoms with van der Waals surface area (Å²) >= 11 is 0. The molecular weight excluding hydrogens is 476 g/mol. The third-order valence-corrected chi connectivity index (χ3v) is 2.78. The van der Waals surface area contributed by atoms with Crippen molar-refractivity contribution in [3.8, 4) is 0 Å². The number of hydrogen-bond donors (Lipinski definition) is 0. The van der Waals surface area contributed by atoms with Gasteiger partial charge in [0.15, 0.2) is 0 Å². The molecule has 11 nitrogen and oxygen atoms in total. The summed E-state index contributed by atoms with van der Waals surface area (Å²) in [4.78, 5) is 30.3. The second-order valence-corrected chi connectivity index (χ2v) is 7.12. The molecule has 0 spiro atoms. The summed E-state index contributed by atoms with van der Waals surface area (Å²) in [6, 6.07) is 0. The number of carbonyl (C=O) groups is 3. The van der Waals surface area contributed by atoms with E-state index in [4.69, 9.17) is 23.4 Å². The molecule has 0 saturated carbocycles. The molecule has 0 aliphatic carbocycles. The zero-order valence-electron chi connectivity index (χ0n) is 23.2. The number of esters is 3. The van der Waals surface area contributed by atoms with Crippen LogP contribution in [0.1, 0.15) is 75.2 Å². The first-order valence-corrected chi connectivity index (χ1v) is 11.2. The Bertz CT molecular complexity index is 517. The number of rotatable bonds is 6. The van der Waals surface area contributed by atoms with Gasteiger partial charge in [-0.25, -0.2) is 0 Å². The minimum absolute atomic E-state index is 0.0764. The Labute approximate surface area is 216 Å². The Morgan fingerprint density at radius 2 is 1.22 bits per heavy atom. The van der Waals surface area contributed by atoms with Gasteiger partial charge >= 0.3 is 51.8 Å². The van der Waals surface area contributed by atoms with Crippen molar-refractivity contribution in [3.05, 3.63) is 20.0 Å². The van der Waals surface area contributed by atoms with Gasteiger partial charge < -0.3 is 23.7 Å². The van der Waals surface area contributed by atoms with Gasteiger partial charge in [-0.3, -0.25) is 14.4 Å². The van der Waals surface area contributed by atoms with Crippen LogP contribution in [-0.4, -0.2) is 63.2 Å². The number of hydrogen-bond acceptors (Lipinski definition) is 8. The van der Waals surface area contributed by atoms with E-state index in [1.54, 1.807) is 0 Å². The predicted molar refractivity (Wildman–Crippen MR) is 128 cm³/mol. The van der Waals surface area contributed by atoms with E-state index in [0.717, 1.165) is 32.7 Å². The molecule has 11 heteroatoms. The summed E-state index contributed by atoms with van der Waals surface area (Å²) in [5.41, 5.74) is 0. The van der Waals surface area contributed by atoms with Crippen molar-refractivity contribution < 1.29 is 52.0 Å². The van der Waals surface area contributed by atoms with Crippen LogP contribution >= 0.6 is 0 Å². The number of carbonyl (C=O) groups excluding carboxylic acids is 3. The van der Waals surface area contributed by atoms with Gasteiger partial charge in [0.05, 0.1) is 45.2 Å². The summed E-state index contributed by atoms with van der Waals surface area (Å²) < 4.78 is 45.7. The molecule has 0 bridgehead atoms. The Morgan fingerprint density at radius 3 is 1.31 bits per heavy atom. The Balaban J connectivity index is -0.0000000758. The van der Waals surface area contributed by atoms with Gasteiger partial charge in [-0.05, 0) is 32.6 Å². The molecule has 2 unspecified atom stereocenters. The average Bonchev–Trinajstić information content (AvgIpc) is 3.77. The third kappa shape index (κ3) is 108. The fourth-order valence-corrected chi connectivity index (χ4v) is 0.993. The van der Waals surface area contributed by atoms with E-state index < -0.39 is 0 Å². The van der Waals surface area contributed by atoms with Gasteiger partial charge in [-0.15, -0.1) is 0 Å². The quantitative estimate of drug-likeness (QED) is 0.168. The predicted octanol–water partition coefficient (Wildman–Crippen LogP) is 3.82. The first-order valence-electron chi connectivity index (χ1n) is 11.2. The average molecular weight is 521 g/mol. The standard InChI is InChI=1S/2C6H12O2.C5H10O2.C3H6O.C2H4O.3CO/c1-5(2)4-8-6(3)7;1-4-5(2)8-6(3)7;1-3-4-7-5(2)6;1-3-2-4-3;1-2-3-1;3*1-2/h2*5H,4H2,1-3H3;3-4H2,1-2H3;3H,2H2,1H3;1-2H2;;;. The van der Waals surface area contributed by atoms with E-state index in [-0.39, 0.29) is 24.0 Å². The molecular formula is C25H44O11. The van der Waals surface area contributed by atoms with Crippen LogP contribution in [0.5, 0.6) is 0 Å². The van der Waals surface area contributed by atoms with Gasteiger partial charge in [0.2, 0.25) is 0 Å². The SMILES string of the molecule is C1CO1.CC(=O)OCC(C)C.CC1CO1.CCC(C)OC(C)=O.CCCOC(C)=O.[C-]#[O+].[C-]#[O+].[C-]#[O+]. The topological polar surface area (TPSA) is 164 Å². The summed E-state index contributed by atoms with van der Waals surface area (Å²) in [6.07, 6.45) is 2.45. The molecule has 36 heavy (non-hydrogen) atoms. The van der Waals surface area contributed by atoms with Crippen molar-refractivity contribution in [2.24, 2.45) is 5.92 Å². The van der Waals surface area contributed by atoms with Crippen LogP contribution in [0.15, 0.2) is 0 Å². The van der Waals surface area contributed by atoms with Gasteiger partial charge in [0, 0.05) is 20.8 Å². The molecule has 0 radical (unpaired) electrons. The minimum atomic E-state index is -0.196. The van der Waals surface area contributed by atoms with Crippen molar-refractivity contribution in [1.29, 1.82) is 0 Å². The van der Waals surface area contributed by atoms with E-state index in [1.165, 1.54) is 20.8 Å². The van der Waals surface area contributed by atoms with Crippen LogP contribution in [0.4, 0.5) is 0 Å². The molecule has 0 aromatic heterocycles. The van der Waals surface area contributed by atoms with E-state index in [0.29, 0.717) is 25.2 Å². The molecule has 0 aromatic carbocycles. The zero-order valence-corrected chi connectivity index (χ0v) is 23.2. The second kappa shape index (κ2) is 42.7. The Kier molecular flexibility index (Phi) is 55.5. The van der Waals surface area contributed by atoms with Crippen molar-refractivity contribution in [3.63, 3.8) is 0 Å². The number of epoxide rings is 2. The van der Waals surface area contributed by atoms with E-state index in [1.807, 2.05) is 34.6 Å². The molecule has 0 amide bonds. The molecule has 0 aromatic rings. The number of ether oxygens (including phenoxy) is 5. The molecule has 2 atom stereocenters. The summed E-state index contributed by atoms with van der Waals surface area (Å²) in [5.74, 6) is -0.140. The van der Waals surface area contributed by atoms with Crippen LogP contribution in [0.2, 0.25) is 0 Å². The van der Waals surface area contributed by atoms with Crippen LogP contribution in [-0.2, 0) is 52.0 Å². The van der Waals surface area contributed by atoms with Crippen molar-refractivity contribution in [2.45, 2.75) is 87.4 Å². The fraction of sp³-hybridized carbons (Fsp3) is 0.760. The molecule has 2 rings (SSSR count). The van der Waals surface area contributed by atoms with Gasteiger partial charge in [-0.2, -0.15) is 0 Å². The third-order valence-electron chi connectivity index (χ3n) is 2.78. The molecule has 2 saturated heterocycles. The van der Waals surface area contributed by atoms with Crippen molar-refractivity contribution in [2.75, 3.05) is 33.0 Å². The molecule has 2 aliphatic heterocycles. The van der Waals surface area contributed by atoms with Crippen molar-refractivity contribution in [1.82, 2.24) is 0 Å². The van der Waals surface area contributed by atoms with E-state index in [9.17, 15) is 14.4 Å². The second-order valence-electron chi connectivity index (χ2n) is 7.12. The first-order chi connectivity index (χ1) is 17.0. The van der Waals surface area contributed by atoms with E-state index >= 15 is 0 Å². The van der Waals surface area contributed by atoms with Gasteiger partial charge in [-0.1, -0.05) is 27.7 Å².